The summed E-state index contributed by atoms with van der Waals surface area (Å²) in [7, 11) is 0. The molecule has 0 heterocycles. The smallest absolute Gasteiger partial charge is 0.270 e. The van der Waals surface area contributed by atoms with Crippen molar-refractivity contribution in [1.82, 2.24) is 5.32 Å². The van der Waals surface area contributed by atoms with Crippen LogP contribution in [0.5, 0.6) is 0 Å². The van der Waals surface area contributed by atoms with Gasteiger partial charge in [-0.2, -0.15) is 0 Å². The average molecular weight is 321 g/mol. The Balaban J connectivity index is 1.99. The molecule has 1 unspecified atom stereocenters. The molecule has 0 saturated carbocycles. The molecule has 0 spiro atoms. The van der Waals surface area contributed by atoms with Gasteiger partial charge in [0, 0.05) is 29.3 Å². The van der Waals surface area contributed by atoms with Gasteiger partial charge in [-0.05, 0) is 23.8 Å². The second-order valence-corrected chi connectivity index (χ2v) is 5.02. The zero-order chi connectivity index (χ0) is 16.1. The van der Waals surface area contributed by atoms with Crippen molar-refractivity contribution in [3.8, 4) is 0 Å². The van der Waals surface area contributed by atoms with Crippen molar-refractivity contribution in [2.45, 2.75) is 6.10 Å². The first-order valence-electron chi connectivity index (χ1n) is 6.43. The zero-order valence-electron chi connectivity index (χ0n) is 11.4. The number of benzene rings is 2. The van der Waals surface area contributed by atoms with E-state index in [1.807, 2.05) is 0 Å². The summed E-state index contributed by atoms with van der Waals surface area (Å²) in [6, 6.07) is 12.0. The summed E-state index contributed by atoms with van der Waals surface area (Å²) in [5, 5.41) is 23.7. The number of nitrogens with zero attached hydrogens (tertiary/aromatic N) is 1. The molecule has 7 heteroatoms. The number of rotatable bonds is 5. The number of amides is 1. The van der Waals surface area contributed by atoms with E-state index in [9.17, 15) is 20.0 Å². The van der Waals surface area contributed by atoms with Crippen LogP contribution in [0.25, 0.3) is 0 Å². The number of hydrogen-bond donors (Lipinski definition) is 2. The Hall–Kier alpha value is -2.44. The fourth-order valence-corrected chi connectivity index (χ4v) is 1.98. The molecule has 1 amide bonds. The normalized spacial score (nSPS) is 11.7. The minimum absolute atomic E-state index is 0.0108. The standard InChI is InChI=1S/C15H13ClN2O4/c16-12-6-4-10(5-7-12)14(19)9-17-15(20)11-2-1-3-13(8-11)18(21)22/h1-8,14,19H,9H2,(H,17,20). The minimum atomic E-state index is -0.889. The summed E-state index contributed by atoms with van der Waals surface area (Å²) in [5.41, 5.74) is 0.618. The monoisotopic (exact) mass is 320 g/mol. The van der Waals surface area contributed by atoms with Crippen molar-refractivity contribution in [3.05, 3.63) is 74.8 Å². The number of aliphatic hydroxyl groups is 1. The summed E-state index contributed by atoms with van der Waals surface area (Å²) in [6.45, 7) is -0.0108. The van der Waals surface area contributed by atoms with E-state index in [-0.39, 0.29) is 17.8 Å². The summed E-state index contributed by atoms with van der Waals surface area (Å²) in [4.78, 5) is 22.1. The Labute approximate surface area is 131 Å². The molecule has 22 heavy (non-hydrogen) atoms. The Morgan fingerprint density at radius 1 is 1.27 bits per heavy atom. The summed E-state index contributed by atoms with van der Waals surface area (Å²) >= 11 is 5.76. The SMILES string of the molecule is O=C(NCC(O)c1ccc(Cl)cc1)c1cccc([N+](=O)[O-])c1. The first-order chi connectivity index (χ1) is 10.5. The lowest BCUT2D eigenvalue weighted by Gasteiger charge is -2.12. The van der Waals surface area contributed by atoms with Crippen molar-refractivity contribution in [2.75, 3.05) is 6.54 Å². The highest BCUT2D eigenvalue weighted by Crippen LogP contribution is 2.16. The van der Waals surface area contributed by atoms with Crippen LogP contribution in [0.3, 0.4) is 0 Å². The predicted octanol–water partition coefficient (Wildman–Crippen LogP) is 2.71. The highest BCUT2D eigenvalue weighted by atomic mass is 35.5. The van der Waals surface area contributed by atoms with E-state index in [0.29, 0.717) is 10.6 Å². The maximum Gasteiger partial charge on any atom is 0.270 e. The molecule has 0 aromatic heterocycles. The number of nitro groups is 1. The molecule has 2 aromatic rings. The van der Waals surface area contributed by atoms with E-state index >= 15 is 0 Å². The fraction of sp³-hybridized carbons (Fsp3) is 0.133. The predicted molar refractivity (Wildman–Crippen MR) is 81.8 cm³/mol. The van der Waals surface area contributed by atoms with E-state index in [0.717, 1.165) is 0 Å². The van der Waals surface area contributed by atoms with Crippen molar-refractivity contribution < 1.29 is 14.8 Å². The first-order valence-corrected chi connectivity index (χ1v) is 6.81. The van der Waals surface area contributed by atoms with Gasteiger partial charge < -0.3 is 10.4 Å². The number of nitrogens with one attached hydrogen (secondary N) is 1. The molecule has 0 saturated heterocycles. The Bertz CT molecular complexity index is 688. The van der Waals surface area contributed by atoms with Gasteiger partial charge in [0.2, 0.25) is 0 Å². The number of aliphatic hydroxyl groups excluding tert-OH is 1. The third-order valence-electron chi connectivity index (χ3n) is 3.03. The van der Waals surface area contributed by atoms with Gasteiger partial charge in [-0.1, -0.05) is 29.8 Å². The van der Waals surface area contributed by atoms with Crippen LogP contribution in [-0.2, 0) is 0 Å². The summed E-state index contributed by atoms with van der Waals surface area (Å²) in [6.07, 6.45) is -0.889. The Kier molecular flexibility index (Phi) is 5.08. The second-order valence-electron chi connectivity index (χ2n) is 4.58. The highest BCUT2D eigenvalue weighted by molar-refractivity contribution is 6.30. The van der Waals surface area contributed by atoms with Crippen LogP contribution in [0, 0.1) is 10.1 Å². The maximum absolute atomic E-state index is 11.9. The fourth-order valence-electron chi connectivity index (χ4n) is 1.85. The van der Waals surface area contributed by atoms with Crippen molar-refractivity contribution >= 4 is 23.2 Å². The molecule has 0 radical (unpaired) electrons. The van der Waals surface area contributed by atoms with E-state index in [2.05, 4.69) is 5.32 Å². The highest BCUT2D eigenvalue weighted by Gasteiger charge is 2.13. The third kappa shape index (κ3) is 4.03. The van der Waals surface area contributed by atoms with Crippen molar-refractivity contribution in [3.63, 3.8) is 0 Å². The Morgan fingerprint density at radius 2 is 1.95 bits per heavy atom. The molecule has 0 fully saturated rings. The number of halogens is 1. The van der Waals surface area contributed by atoms with Crippen LogP contribution in [0.15, 0.2) is 48.5 Å². The molecule has 0 aliphatic rings. The molecule has 2 rings (SSSR count). The van der Waals surface area contributed by atoms with Gasteiger partial charge in [0.25, 0.3) is 11.6 Å². The zero-order valence-corrected chi connectivity index (χ0v) is 12.2. The van der Waals surface area contributed by atoms with Gasteiger partial charge >= 0.3 is 0 Å². The number of nitro benzene ring substituents is 1. The van der Waals surface area contributed by atoms with Gasteiger partial charge in [-0.25, -0.2) is 0 Å². The molecular weight excluding hydrogens is 308 g/mol. The molecule has 2 aromatic carbocycles. The lowest BCUT2D eigenvalue weighted by Crippen LogP contribution is -2.28. The average Bonchev–Trinajstić information content (AvgIpc) is 2.53. The molecule has 0 aliphatic heterocycles. The van der Waals surface area contributed by atoms with Crippen molar-refractivity contribution in [1.29, 1.82) is 0 Å². The quantitative estimate of drug-likeness (QED) is 0.654. The first kappa shape index (κ1) is 15.9. The lowest BCUT2D eigenvalue weighted by molar-refractivity contribution is -0.384. The summed E-state index contributed by atoms with van der Waals surface area (Å²) < 4.78 is 0. The van der Waals surface area contributed by atoms with E-state index in [4.69, 9.17) is 11.6 Å². The minimum Gasteiger partial charge on any atom is -0.387 e. The van der Waals surface area contributed by atoms with Crippen LogP contribution < -0.4 is 5.32 Å². The van der Waals surface area contributed by atoms with Crippen LogP contribution in [0.1, 0.15) is 22.0 Å². The van der Waals surface area contributed by atoms with Gasteiger partial charge in [0.1, 0.15) is 0 Å². The van der Waals surface area contributed by atoms with Gasteiger partial charge in [-0.15, -0.1) is 0 Å². The molecule has 0 bridgehead atoms. The van der Waals surface area contributed by atoms with Gasteiger partial charge in [0.15, 0.2) is 0 Å². The Morgan fingerprint density at radius 3 is 2.59 bits per heavy atom. The third-order valence-corrected chi connectivity index (χ3v) is 3.28. The number of hydrogen-bond acceptors (Lipinski definition) is 4. The van der Waals surface area contributed by atoms with Crippen LogP contribution in [0.2, 0.25) is 5.02 Å². The largest absolute Gasteiger partial charge is 0.387 e. The molecule has 1 atom stereocenters. The molecule has 6 nitrogen and oxygen atoms in total. The number of non-ortho nitro benzene ring substituents is 1. The molecule has 2 N–H and O–H groups in total. The van der Waals surface area contributed by atoms with Crippen molar-refractivity contribution in [2.24, 2.45) is 0 Å². The van der Waals surface area contributed by atoms with Crippen LogP contribution >= 0.6 is 11.6 Å². The van der Waals surface area contributed by atoms with Crippen LogP contribution in [0.4, 0.5) is 5.69 Å². The van der Waals surface area contributed by atoms with Gasteiger partial charge in [0.05, 0.1) is 11.0 Å². The van der Waals surface area contributed by atoms with E-state index < -0.39 is 16.9 Å². The topological polar surface area (TPSA) is 92.5 Å². The molecule has 114 valence electrons. The molecule has 0 aliphatic carbocycles. The van der Waals surface area contributed by atoms with E-state index in [1.165, 1.54) is 24.3 Å². The lowest BCUT2D eigenvalue weighted by atomic mass is 10.1. The maximum atomic E-state index is 11.9. The number of carbonyl (C=O) groups is 1. The second kappa shape index (κ2) is 7.02. The van der Waals surface area contributed by atoms with Crippen LogP contribution in [-0.4, -0.2) is 22.5 Å². The summed E-state index contributed by atoms with van der Waals surface area (Å²) in [5.74, 6) is -0.489. The van der Waals surface area contributed by atoms with E-state index in [1.54, 1.807) is 24.3 Å². The molecular formula is C15H13ClN2O4. The number of carbonyl (C=O) groups excluding carboxylic acids is 1. The van der Waals surface area contributed by atoms with Gasteiger partial charge in [-0.3, -0.25) is 14.9 Å².